The average Bonchev–Trinajstić information content (AvgIpc) is 3.17. The lowest BCUT2D eigenvalue weighted by Crippen LogP contribution is -2.37. The van der Waals surface area contributed by atoms with Crippen molar-refractivity contribution in [3.8, 4) is 5.75 Å². The molecule has 1 spiro atoms. The van der Waals surface area contributed by atoms with Crippen LogP contribution in [0.5, 0.6) is 5.75 Å². The van der Waals surface area contributed by atoms with Crippen LogP contribution in [0.1, 0.15) is 31.2 Å². The van der Waals surface area contributed by atoms with E-state index in [2.05, 4.69) is 44.8 Å². The van der Waals surface area contributed by atoms with Gasteiger partial charge >= 0.3 is 0 Å². The molecule has 0 radical (unpaired) electrons. The number of halogens is 1. The number of carbonyl (C=O) groups excluding carboxylic acids is 1. The first-order valence-corrected chi connectivity index (χ1v) is 10.0. The van der Waals surface area contributed by atoms with Crippen molar-refractivity contribution in [1.29, 1.82) is 0 Å². The van der Waals surface area contributed by atoms with Gasteiger partial charge in [0.2, 0.25) is 5.91 Å². The number of alkyl halides is 1. The van der Waals surface area contributed by atoms with Gasteiger partial charge in [-0.3, -0.25) is 10.2 Å². The first-order chi connectivity index (χ1) is 11.6. The number of hydrazine groups is 1. The zero-order valence-electron chi connectivity index (χ0n) is 13.6. The van der Waals surface area contributed by atoms with Crippen LogP contribution in [0.4, 0.5) is 5.69 Å². The molecule has 5 rings (SSSR count). The van der Waals surface area contributed by atoms with E-state index in [9.17, 15) is 4.79 Å². The third-order valence-electron chi connectivity index (χ3n) is 6.67. The third kappa shape index (κ3) is 2.02. The maximum absolute atomic E-state index is 12.8. The molecule has 4 aliphatic rings. The predicted octanol–water partition coefficient (Wildman–Crippen LogP) is 2.56. The molecule has 1 aromatic carbocycles. The fourth-order valence-electron chi connectivity index (χ4n) is 5.31. The second-order valence-corrected chi connectivity index (χ2v) is 9.02. The fraction of sp³-hybridized carbons (Fsp3) is 0.611. The number of anilines is 1. The number of nitrogens with one attached hydrogen (secondary N) is 3. The van der Waals surface area contributed by atoms with Gasteiger partial charge in [-0.05, 0) is 61.3 Å². The Kier molecular flexibility index (Phi) is 3.41. The third-order valence-corrected chi connectivity index (χ3v) is 7.91. The van der Waals surface area contributed by atoms with Crippen molar-refractivity contribution < 1.29 is 9.53 Å². The van der Waals surface area contributed by atoms with Crippen LogP contribution in [0.3, 0.4) is 0 Å². The van der Waals surface area contributed by atoms with E-state index in [1.54, 1.807) is 7.11 Å². The highest BCUT2D eigenvalue weighted by molar-refractivity contribution is 14.1. The van der Waals surface area contributed by atoms with Crippen LogP contribution in [0, 0.1) is 17.8 Å². The van der Waals surface area contributed by atoms with Crippen molar-refractivity contribution in [2.45, 2.75) is 41.2 Å². The Bertz CT molecular complexity index is 712. The zero-order valence-corrected chi connectivity index (χ0v) is 15.8. The molecule has 1 amide bonds. The monoisotopic (exact) mass is 439 g/mol. The normalized spacial score (nSPS) is 42.6. The van der Waals surface area contributed by atoms with Crippen molar-refractivity contribution in [1.82, 2.24) is 10.9 Å². The van der Waals surface area contributed by atoms with Gasteiger partial charge < -0.3 is 10.1 Å². The van der Waals surface area contributed by atoms with Crippen LogP contribution in [-0.4, -0.2) is 23.1 Å². The van der Waals surface area contributed by atoms with Gasteiger partial charge in [0.05, 0.1) is 16.6 Å². The SMILES string of the molecule is COc1ccc2c(c1)[C@]1(C[C@H]1C1CCC3C(I)NNC3C1)C(=O)N2. The van der Waals surface area contributed by atoms with Crippen LogP contribution < -0.4 is 20.9 Å². The van der Waals surface area contributed by atoms with Gasteiger partial charge in [0.1, 0.15) is 5.75 Å². The van der Waals surface area contributed by atoms with E-state index in [0.717, 1.165) is 29.3 Å². The Balaban J connectivity index is 1.41. The molecule has 0 bridgehead atoms. The van der Waals surface area contributed by atoms with Crippen LogP contribution in [0.2, 0.25) is 0 Å². The second-order valence-electron chi connectivity index (χ2n) is 7.68. The minimum absolute atomic E-state index is 0.196. The standard InChI is InChI=1S/C18H22IN3O2/c1-24-10-3-5-14-12(7-10)18(17(23)20-14)8-13(18)9-2-4-11-15(6-9)21-22-16(11)19/h3,5,7,9,11,13,15-16,21-22H,2,4,6,8H2,1H3,(H,20,23)/t9?,11?,13-,15?,16?,18-/m0/s1. The summed E-state index contributed by atoms with van der Waals surface area (Å²) in [6.45, 7) is 0. The van der Waals surface area contributed by atoms with E-state index in [0.29, 0.717) is 21.9 Å². The number of hydrogen-bond acceptors (Lipinski definition) is 4. The van der Waals surface area contributed by atoms with Gasteiger partial charge in [-0.15, -0.1) is 0 Å². The highest BCUT2D eigenvalue weighted by Gasteiger charge is 2.67. The van der Waals surface area contributed by atoms with Gasteiger partial charge in [-0.25, -0.2) is 5.43 Å². The lowest BCUT2D eigenvalue weighted by atomic mass is 9.75. The van der Waals surface area contributed by atoms with Gasteiger partial charge in [-0.2, -0.15) is 0 Å². The van der Waals surface area contributed by atoms with E-state index in [1.165, 1.54) is 19.3 Å². The van der Waals surface area contributed by atoms with Crippen LogP contribution in [0.15, 0.2) is 18.2 Å². The van der Waals surface area contributed by atoms with Gasteiger partial charge in [0.25, 0.3) is 0 Å². The molecule has 24 heavy (non-hydrogen) atoms. The number of methoxy groups -OCH3 is 1. The highest BCUT2D eigenvalue weighted by Crippen LogP contribution is 2.65. The number of carbonyl (C=O) groups is 1. The number of fused-ring (bicyclic) bond motifs is 3. The summed E-state index contributed by atoms with van der Waals surface area (Å²) in [6.07, 6.45) is 4.66. The first kappa shape index (κ1) is 15.4. The van der Waals surface area contributed by atoms with Crippen molar-refractivity contribution >= 4 is 34.2 Å². The molecular formula is C18H22IN3O2. The van der Waals surface area contributed by atoms with Crippen LogP contribution in [-0.2, 0) is 10.2 Å². The summed E-state index contributed by atoms with van der Waals surface area (Å²) in [6, 6.07) is 6.53. The molecule has 1 aromatic rings. The summed E-state index contributed by atoms with van der Waals surface area (Å²) in [5.74, 6) is 2.86. The fourth-order valence-corrected chi connectivity index (χ4v) is 6.35. The molecule has 2 aliphatic carbocycles. The molecule has 2 heterocycles. The topological polar surface area (TPSA) is 62.4 Å². The van der Waals surface area contributed by atoms with Gasteiger partial charge in [0.15, 0.2) is 0 Å². The molecule has 2 aliphatic heterocycles. The lowest BCUT2D eigenvalue weighted by Gasteiger charge is -2.32. The zero-order chi connectivity index (χ0) is 16.5. The van der Waals surface area contributed by atoms with Crippen molar-refractivity contribution in [3.05, 3.63) is 23.8 Å². The van der Waals surface area contributed by atoms with Crippen molar-refractivity contribution in [3.63, 3.8) is 0 Å². The first-order valence-electron chi connectivity index (χ1n) is 8.78. The Morgan fingerprint density at radius 3 is 3.00 bits per heavy atom. The summed E-state index contributed by atoms with van der Waals surface area (Å²) in [5, 5.41) is 3.10. The number of ether oxygens (including phenoxy) is 1. The molecule has 3 fully saturated rings. The van der Waals surface area contributed by atoms with Crippen LogP contribution >= 0.6 is 22.6 Å². The summed E-state index contributed by atoms with van der Waals surface area (Å²) in [4.78, 5) is 12.8. The Morgan fingerprint density at radius 1 is 1.29 bits per heavy atom. The molecule has 2 saturated carbocycles. The number of benzene rings is 1. The van der Waals surface area contributed by atoms with E-state index >= 15 is 0 Å². The average molecular weight is 439 g/mol. The lowest BCUT2D eigenvalue weighted by molar-refractivity contribution is -0.118. The summed E-state index contributed by atoms with van der Waals surface area (Å²) in [5.41, 5.74) is 8.69. The van der Waals surface area contributed by atoms with Crippen molar-refractivity contribution in [2.24, 2.45) is 17.8 Å². The predicted molar refractivity (Wildman–Crippen MR) is 100 cm³/mol. The second kappa shape index (κ2) is 5.32. The Hall–Kier alpha value is -0.860. The Labute approximate surface area is 155 Å². The molecule has 6 atom stereocenters. The largest absolute Gasteiger partial charge is 0.497 e. The smallest absolute Gasteiger partial charge is 0.235 e. The quantitative estimate of drug-likeness (QED) is 0.377. The summed E-state index contributed by atoms with van der Waals surface area (Å²) < 4.78 is 5.92. The number of hydrogen-bond donors (Lipinski definition) is 3. The molecule has 6 heteroatoms. The van der Waals surface area contributed by atoms with E-state index in [4.69, 9.17) is 4.74 Å². The molecule has 0 aromatic heterocycles. The Morgan fingerprint density at radius 2 is 2.17 bits per heavy atom. The number of amides is 1. The minimum atomic E-state index is -0.295. The van der Waals surface area contributed by atoms with Gasteiger partial charge in [0, 0.05) is 17.6 Å². The molecule has 4 unspecified atom stereocenters. The van der Waals surface area contributed by atoms with Crippen molar-refractivity contribution in [2.75, 3.05) is 12.4 Å². The molecule has 3 N–H and O–H groups in total. The van der Waals surface area contributed by atoms with E-state index in [-0.39, 0.29) is 11.3 Å². The van der Waals surface area contributed by atoms with Gasteiger partial charge in [-0.1, -0.05) is 22.6 Å². The maximum atomic E-state index is 12.8. The molecule has 128 valence electrons. The maximum Gasteiger partial charge on any atom is 0.235 e. The van der Waals surface area contributed by atoms with E-state index < -0.39 is 0 Å². The highest BCUT2D eigenvalue weighted by atomic mass is 127. The number of rotatable bonds is 2. The van der Waals surface area contributed by atoms with Crippen LogP contribution in [0.25, 0.3) is 0 Å². The molecule has 1 saturated heterocycles. The molecular weight excluding hydrogens is 417 g/mol. The van der Waals surface area contributed by atoms with E-state index in [1.807, 2.05) is 12.1 Å². The molecule has 5 nitrogen and oxygen atoms in total. The summed E-state index contributed by atoms with van der Waals surface area (Å²) >= 11 is 2.50. The minimum Gasteiger partial charge on any atom is -0.497 e. The summed E-state index contributed by atoms with van der Waals surface area (Å²) in [7, 11) is 1.68.